The van der Waals surface area contributed by atoms with Crippen molar-refractivity contribution in [2.45, 2.75) is 32.6 Å². The Labute approximate surface area is 130 Å². The van der Waals surface area contributed by atoms with E-state index in [1.54, 1.807) is 25.3 Å². The molecule has 2 N–H and O–H groups in total. The topological polar surface area (TPSA) is 70.9 Å². The van der Waals surface area contributed by atoms with Gasteiger partial charge in [-0.1, -0.05) is 19.8 Å². The number of amides is 1. The van der Waals surface area contributed by atoms with Gasteiger partial charge in [0.1, 0.15) is 11.5 Å². The van der Waals surface area contributed by atoms with Crippen LogP contribution in [0.1, 0.15) is 38.2 Å². The SMILES string of the molecule is COc1ccc(O)c(/C=N\NC(=O)[C@H]2[C@@H]3CCCC[C@@]32C)c1. The number of nitrogens with one attached hydrogen (secondary N) is 1. The molecular weight excluding hydrogens is 280 g/mol. The summed E-state index contributed by atoms with van der Waals surface area (Å²) in [6, 6.07) is 4.88. The first-order valence-corrected chi connectivity index (χ1v) is 7.76. The molecule has 0 radical (unpaired) electrons. The van der Waals surface area contributed by atoms with Crippen molar-refractivity contribution < 1.29 is 14.6 Å². The molecule has 0 aliphatic heterocycles. The minimum atomic E-state index is -0.00645. The third kappa shape index (κ3) is 2.56. The van der Waals surface area contributed by atoms with Gasteiger partial charge in [0.2, 0.25) is 5.91 Å². The van der Waals surface area contributed by atoms with Crippen molar-refractivity contribution in [2.24, 2.45) is 22.4 Å². The van der Waals surface area contributed by atoms with Gasteiger partial charge in [-0.05, 0) is 42.4 Å². The lowest BCUT2D eigenvalue weighted by Crippen LogP contribution is -2.22. The second-order valence-electron chi connectivity index (χ2n) is 6.49. The van der Waals surface area contributed by atoms with E-state index in [1.807, 2.05) is 0 Å². The van der Waals surface area contributed by atoms with Crippen molar-refractivity contribution in [3.8, 4) is 11.5 Å². The highest BCUT2D eigenvalue weighted by atomic mass is 16.5. The van der Waals surface area contributed by atoms with Crippen molar-refractivity contribution in [1.82, 2.24) is 5.43 Å². The van der Waals surface area contributed by atoms with Gasteiger partial charge in [-0.25, -0.2) is 5.43 Å². The highest BCUT2D eigenvalue weighted by molar-refractivity contribution is 5.87. The quantitative estimate of drug-likeness (QED) is 0.663. The lowest BCUT2D eigenvalue weighted by molar-refractivity contribution is -0.123. The van der Waals surface area contributed by atoms with Crippen LogP contribution in [0.5, 0.6) is 11.5 Å². The summed E-state index contributed by atoms with van der Waals surface area (Å²) in [4.78, 5) is 12.3. The van der Waals surface area contributed by atoms with Gasteiger partial charge in [0.25, 0.3) is 0 Å². The molecule has 3 atom stereocenters. The lowest BCUT2D eigenvalue weighted by Gasteiger charge is -2.15. The Balaban J connectivity index is 1.62. The van der Waals surface area contributed by atoms with Crippen molar-refractivity contribution in [3.05, 3.63) is 23.8 Å². The molecule has 3 rings (SSSR count). The predicted molar refractivity (Wildman–Crippen MR) is 84.0 cm³/mol. The van der Waals surface area contributed by atoms with Gasteiger partial charge in [0.05, 0.1) is 13.3 Å². The Bertz CT molecular complexity index is 614. The van der Waals surface area contributed by atoms with Crippen LogP contribution in [-0.2, 0) is 4.79 Å². The molecule has 1 amide bonds. The summed E-state index contributed by atoms with van der Waals surface area (Å²) in [6.45, 7) is 2.21. The number of hydrazone groups is 1. The molecule has 1 aromatic carbocycles. The predicted octanol–water partition coefficient (Wildman–Crippen LogP) is 2.68. The molecule has 2 fully saturated rings. The Morgan fingerprint density at radius 1 is 1.50 bits per heavy atom. The third-order valence-corrected chi connectivity index (χ3v) is 5.23. The van der Waals surface area contributed by atoms with E-state index in [0.717, 1.165) is 12.8 Å². The van der Waals surface area contributed by atoms with Crippen LogP contribution in [0.3, 0.4) is 0 Å². The number of nitrogens with zero attached hydrogens (tertiary/aromatic N) is 1. The number of phenols is 1. The third-order valence-electron chi connectivity index (χ3n) is 5.23. The highest BCUT2D eigenvalue weighted by Crippen LogP contribution is 2.66. The summed E-state index contributed by atoms with van der Waals surface area (Å²) in [5.41, 5.74) is 3.31. The number of hydrogen-bond acceptors (Lipinski definition) is 4. The number of hydrogen-bond donors (Lipinski definition) is 2. The molecule has 5 nitrogen and oxygen atoms in total. The van der Waals surface area contributed by atoms with Crippen LogP contribution in [-0.4, -0.2) is 24.3 Å². The zero-order valence-electron chi connectivity index (χ0n) is 13.0. The summed E-state index contributed by atoms with van der Waals surface area (Å²) in [5.74, 6) is 1.33. The minimum Gasteiger partial charge on any atom is -0.507 e. The van der Waals surface area contributed by atoms with Crippen LogP contribution in [0.15, 0.2) is 23.3 Å². The van der Waals surface area contributed by atoms with Gasteiger partial charge >= 0.3 is 0 Å². The molecule has 0 heterocycles. The normalized spacial score (nSPS) is 29.9. The smallest absolute Gasteiger partial charge is 0.244 e. The molecule has 1 aromatic rings. The standard InChI is InChI=1S/C17H22N2O3/c1-17-8-4-3-5-13(17)15(17)16(21)19-18-10-11-9-12(22-2)6-7-14(11)20/h6-7,9-10,13,15,20H,3-5,8H2,1-2H3,(H,19,21)/b18-10-/t13-,15+,17-/m0/s1. The minimum absolute atomic E-state index is 0.00645. The Morgan fingerprint density at radius 3 is 3.00 bits per heavy atom. The molecule has 2 aliphatic rings. The maximum Gasteiger partial charge on any atom is 0.244 e. The second kappa shape index (κ2) is 5.63. The molecule has 118 valence electrons. The van der Waals surface area contributed by atoms with E-state index >= 15 is 0 Å². The number of rotatable bonds is 4. The molecule has 0 spiro atoms. The highest BCUT2D eigenvalue weighted by Gasteiger charge is 2.64. The Hall–Kier alpha value is -2.04. The van der Waals surface area contributed by atoms with Gasteiger partial charge in [-0.15, -0.1) is 0 Å². The van der Waals surface area contributed by atoms with Crippen molar-refractivity contribution in [3.63, 3.8) is 0 Å². The summed E-state index contributed by atoms with van der Waals surface area (Å²) in [6.07, 6.45) is 6.18. The van der Waals surface area contributed by atoms with Gasteiger partial charge in [-0.3, -0.25) is 4.79 Å². The average molecular weight is 302 g/mol. The van der Waals surface area contributed by atoms with E-state index in [2.05, 4.69) is 17.5 Å². The number of ether oxygens (including phenoxy) is 1. The number of methoxy groups -OCH3 is 1. The van der Waals surface area contributed by atoms with Gasteiger partial charge < -0.3 is 9.84 Å². The molecule has 0 unspecified atom stereocenters. The van der Waals surface area contributed by atoms with Crippen molar-refractivity contribution >= 4 is 12.1 Å². The van der Waals surface area contributed by atoms with E-state index in [1.165, 1.54) is 19.1 Å². The number of aromatic hydroxyl groups is 1. The zero-order valence-corrected chi connectivity index (χ0v) is 13.0. The van der Waals surface area contributed by atoms with Crippen molar-refractivity contribution in [2.75, 3.05) is 7.11 Å². The summed E-state index contributed by atoms with van der Waals surface area (Å²) in [5, 5.41) is 13.8. The van der Waals surface area contributed by atoms with E-state index in [9.17, 15) is 9.90 Å². The van der Waals surface area contributed by atoms with E-state index in [-0.39, 0.29) is 23.0 Å². The first-order chi connectivity index (χ1) is 10.6. The van der Waals surface area contributed by atoms with Crippen LogP contribution in [0.4, 0.5) is 0 Å². The largest absolute Gasteiger partial charge is 0.507 e. The van der Waals surface area contributed by atoms with E-state index in [4.69, 9.17) is 4.74 Å². The van der Waals surface area contributed by atoms with Crippen LogP contribution < -0.4 is 10.2 Å². The Kier molecular flexibility index (Phi) is 3.81. The monoisotopic (exact) mass is 302 g/mol. The lowest BCUT2D eigenvalue weighted by atomic mass is 9.90. The number of carbonyl (C=O) groups is 1. The van der Waals surface area contributed by atoms with Crippen molar-refractivity contribution in [1.29, 1.82) is 0 Å². The maximum absolute atomic E-state index is 12.3. The fraction of sp³-hybridized carbons (Fsp3) is 0.529. The molecule has 2 saturated carbocycles. The van der Waals surface area contributed by atoms with Crippen LogP contribution in [0.2, 0.25) is 0 Å². The second-order valence-corrected chi connectivity index (χ2v) is 6.49. The number of fused-ring (bicyclic) bond motifs is 1. The number of benzene rings is 1. The molecule has 0 aromatic heterocycles. The van der Waals surface area contributed by atoms with Gasteiger partial charge in [-0.2, -0.15) is 5.10 Å². The first kappa shape index (κ1) is 14.9. The summed E-state index contributed by atoms with van der Waals surface area (Å²) < 4.78 is 5.10. The molecule has 0 bridgehead atoms. The van der Waals surface area contributed by atoms with E-state index in [0.29, 0.717) is 17.2 Å². The average Bonchev–Trinajstić information content (AvgIpc) is 3.14. The maximum atomic E-state index is 12.3. The summed E-state index contributed by atoms with van der Waals surface area (Å²) >= 11 is 0. The molecule has 0 saturated heterocycles. The zero-order chi connectivity index (χ0) is 15.7. The van der Waals surface area contributed by atoms with Gasteiger partial charge in [0, 0.05) is 11.5 Å². The fourth-order valence-corrected chi connectivity index (χ4v) is 3.85. The molecule has 2 aliphatic carbocycles. The molecule has 5 heteroatoms. The molecular formula is C17H22N2O3. The van der Waals surface area contributed by atoms with Crippen LogP contribution in [0, 0.1) is 17.3 Å². The number of phenolic OH excluding ortho intramolecular Hbond substituents is 1. The fourth-order valence-electron chi connectivity index (χ4n) is 3.85. The van der Waals surface area contributed by atoms with Gasteiger partial charge in [0.15, 0.2) is 0 Å². The number of carbonyl (C=O) groups excluding carboxylic acids is 1. The van der Waals surface area contributed by atoms with E-state index < -0.39 is 0 Å². The molecule has 22 heavy (non-hydrogen) atoms. The van der Waals surface area contributed by atoms with Crippen LogP contribution >= 0.6 is 0 Å². The Morgan fingerprint density at radius 2 is 2.32 bits per heavy atom. The summed E-state index contributed by atoms with van der Waals surface area (Å²) in [7, 11) is 1.56. The van der Waals surface area contributed by atoms with Crippen LogP contribution in [0.25, 0.3) is 0 Å². The first-order valence-electron chi connectivity index (χ1n) is 7.76.